The minimum atomic E-state index is -0.148. The van der Waals surface area contributed by atoms with Gasteiger partial charge < -0.3 is 0 Å². The maximum absolute atomic E-state index is 10.1. The van der Waals surface area contributed by atoms with Crippen molar-refractivity contribution >= 4 is 24.0 Å². The van der Waals surface area contributed by atoms with Crippen LogP contribution in [-0.4, -0.2) is 11.8 Å². The Balaban J connectivity index is 0.000000194. The first-order chi connectivity index (χ1) is 10.2. The third-order valence-electron chi connectivity index (χ3n) is 2.93. The molecule has 0 atom stereocenters. The van der Waals surface area contributed by atoms with Crippen molar-refractivity contribution < 1.29 is 9.59 Å². The van der Waals surface area contributed by atoms with Crippen molar-refractivity contribution in [2.45, 2.75) is 12.8 Å². The lowest BCUT2D eigenvalue weighted by Gasteiger charge is -1.92. The van der Waals surface area contributed by atoms with Gasteiger partial charge in [0.25, 0.3) is 0 Å². The summed E-state index contributed by atoms with van der Waals surface area (Å²) in [6.45, 7) is 0. The van der Waals surface area contributed by atoms with E-state index in [9.17, 15) is 9.59 Å². The molecule has 0 unspecified atom stereocenters. The molecule has 106 valence electrons. The summed E-state index contributed by atoms with van der Waals surface area (Å²) < 4.78 is 0. The van der Waals surface area contributed by atoms with Crippen LogP contribution in [0.4, 0.5) is 0 Å². The summed E-state index contributed by atoms with van der Waals surface area (Å²) in [6, 6.07) is 20.6. The molecule has 3 rings (SSSR count). The van der Waals surface area contributed by atoms with Gasteiger partial charge in [-0.3, -0.25) is 14.9 Å². The third-order valence-corrected chi connectivity index (χ3v) is 2.93. The van der Waals surface area contributed by atoms with Crippen LogP contribution < -0.4 is 5.32 Å². The number of benzene rings is 2. The number of hydrogen-bond acceptors (Lipinski definition) is 2. The second-order valence-corrected chi connectivity index (χ2v) is 4.63. The lowest BCUT2D eigenvalue weighted by atomic mass is 10.1. The first kappa shape index (κ1) is 14.7. The summed E-state index contributed by atoms with van der Waals surface area (Å²) in [5, 5.41) is 2.14. The fourth-order valence-corrected chi connectivity index (χ4v) is 1.83. The molecule has 0 spiro atoms. The lowest BCUT2D eigenvalue weighted by molar-refractivity contribution is -0.124. The van der Waals surface area contributed by atoms with E-state index in [-0.39, 0.29) is 11.8 Å². The van der Waals surface area contributed by atoms with Gasteiger partial charge in [0.1, 0.15) is 0 Å². The predicted molar refractivity (Wildman–Crippen MR) is 84.2 cm³/mol. The predicted octanol–water partition coefficient (Wildman–Crippen LogP) is 3.28. The Hall–Kier alpha value is -2.68. The lowest BCUT2D eigenvalue weighted by Crippen LogP contribution is -2.18. The van der Waals surface area contributed by atoms with Crippen LogP contribution in [-0.2, 0) is 9.59 Å². The van der Waals surface area contributed by atoms with Gasteiger partial charge >= 0.3 is 0 Å². The van der Waals surface area contributed by atoms with Crippen molar-refractivity contribution in [3.8, 4) is 0 Å². The van der Waals surface area contributed by atoms with Gasteiger partial charge in [0.2, 0.25) is 11.8 Å². The fraction of sp³-hybridized carbons (Fsp3) is 0.111. The number of imide groups is 1. The smallest absolute Gasteiger partial charge is 0.227 e. The van der Waals surface area contributed by atoms with Crippen LogP contribution in [0.1, 0.15) is 24.0 Å². The molecule has 1 aliphatic heterocycles. The zero-order valence-electron chi connectivity index (χ0n) is 11.7. The molecule has 0 bridgehead atoms. The first-order valence-electron chi connectivity index (χ1n) is 6.85. The zero-order chi connectivity index (χ0) is 14.9. The van der Waals surface area contributed by atoms with Crippen LogP contribution in [0.2, 0.25) is 0 Å². The van der Waals surface area contributed by atoms with Gasteiger partial charge in [-0.25, -0.2) is 0 Å². The monoisotopic (exact) mass is 279 g/mol. The summed E-state index contributed by atoms with van der Waals surface area (Å²) in [5.41, 5.74) is 2.47. The molecule has 1 N–H and O–H groups in total. The standard InChI is InChI=1S/C14H12.C4H5NO2/c1-3-7-13(8-4-1)11-12-14-9-5-2-6-10-14;6-3-1-2-4(7)5-3/h1-12H;1-2H2,(H,5,6,7). The van der Waals surface area contributed by atoms with Gasteiger partial charge in [-0.05, 0) is 11.1 Å². The van der Waals surface area contributed by atoms with E-state index in [0.29, 0.717) is 12.8 Å². The first-order valence-corrected chi connectivity index (χ1v) is 6.85. The quantitative estimate of drug-likeness (QED) is 0.677. The van der Waals surface area contributed by atoms with Crippen LogP contribution in [0.5, 0.6) is 0 Å². The van der Waals surface area contributed by atoms with Gasteiger partial charge in [0.05, 0.1) is 0 Å². The van der Waals surface area contributed by atoms with Gasteiger partial charge in [0, 0.05) is 12.8 Å². The summed E-state index contributed by atoms with van der Waals surface area (Å²) in [5.74, 6) is -0.296. The maximum Gasteiger partial charge on any atom is 0.227 e. The number of carbonyl (C=O) groups is 2. The Bertz CT molecular complexity index is 563. The Morgan fingerprint density at radius 2 is 1.05 bits per heavy atom. The molecule has 2 amide bonds. The Kier molecular flexibility index (Phi) is 5.47. The van der Waals surface area contributed by atoms with E-state index in [4.69, 9.17) is 0 Å². The van der Waals surface area contributed by atoms with Crippen LogP contribution >= 0.6 is 0 Å². The topological polar surface area (TPSA) is 46.2 Å². The highest BCUT2D eigenvalue weighted by molar-refractivity contribution is 6.01. The van der Waals surface area contributed by atoms with E-state index in [2.05, 4.69) is 41.7 Å². The summed E-state index contributed by atoms with van der Waals surface area (Å²) >= 11 is 0. The average Bonchev–Trinajstić information content (AvgIpc) is 2.91. The van der Waals surface area contributed by atoms with E-state index < -0.39 is 0 Å². The van der Waals surface area contributed by atoms with Crippen LogP contribution in [0.25, 0.3) is 12.2 Å². The minimum absolute atomic E-state index is 0.148. The second-order valence-electron chi connectivity index (χ2n) is 4.63. The minimum Gasteiger partial charge on any atom is -0.296 e. The van der Waals surface area contributed by atoms with Crippen LogP contribution in [0, 0.1) is 0 Å². The van der Waals surface area contributed by atoms with E-state index in [1.807, 2.05) is 36.4 Å². The summed E-state index contributed by atoms with van der Waals surface area (Å²) in [7, 11) is 0. The van der Waals surface area contributed by atoms with Gasteiger partial charge in [-0.15, -0.1) is 0 Å². The fourth-order valence-electron chi connectivity index (χ4n) is 1.83. The molecule has 1 saturated heterocycles. The number of nitrogens with one attached hydrogen (secondary N) is 1. The molecule has 0 aromatic heterocycles. The average molecular weight is 279 g/mol. The van der Waals surface area contributed by atoms with Crippen molar-refractivity contribution in [1.82, 2.24) is 5.32 Å². The van der Waals surface area contributed by atoms with Gasteiger partial charge in [-0.1, -0.05) is 72.8 Å². The Morgan fingerprint density at radius 3 is 1.33 bits per heavy atom. The second kappa shape index (κ2) is 7.80. The van der Waals surface area contributed by atoms with Crippen LogP contribution in [0.15, 0.2) is 60.7 Å². The maximum atomic E-state index is 10.1. The highest BCUT2D eigenvalue weighted by Crippen LogP contribution is 2.06. The van der Waals surface area contributed by atoms with E-state index in [1.54, 1.807) is 0 Å². The van der Waals surface area contributed by atoms with E-state index >= 15 is 0 Å². The molecular formula is C18H17NO2. The zero-order valence-corrected chi connectivity index (χ0v) is 11.7. The third kappa shape index (κ3) is 5.45. The summed E-state index contributed by atoms with van der Waals surface area (Å²) in [4.78, 5) is 20.2. The van der Waals surface area contributed by atoms with Gasteiger partial charge in [-0.2, -0.15) is 0 Å². The highest BCUT2D eigenvalue weighted by atomic mass is 16.2. The molecule has 1 fully saturated rings. The molecular weight excluding hydrogens is 262 g/mol. The number of amides is 2. The van der Waals surface area contributed by atoms with Crippen molar-refractivity contribution in [1.29, 1.82) is 0 Å². The number of hydrogen-bond donors (Lipinski definition) is 1. The molecule has 0 saturated carbocycles. The van der Waals surface area contributed by atoms with Gasteiger partial charge in [0.15, 0.2) is 0 Å². The number of carbonyl (C=O) groups excluding carboxylic acids is 2. The summed E-state index contributed by atoms with van der Waals surface area (Å²) in [6.07, 6.45) is 4.99. The van der Waals surface area contributed by atoms with Crippen molar-refractivity contribution in [3.05, 3.63) is 71.8 Å². The molecule has 3 nitrogen and oxygen atoms in total. The van der Waals surface area contributed by atoms with Crippen LogP contribution in [0.3, 0.4) is 0 Å². The van der Waals surface area contributed by atoms with E-state index in [0.717, 1.165) is 0 Å². The molecule has 21 heavy (non-hydrogen) atoms. The number of rotatable bonds is 2. The largest absolute Gasteiger partial charge is 0.296 e. The highest BCUT2D eigenvalue weighted by Gasteiger charge is 2.15. The molecule has 3 heteroatoms. The van der Waals surface area contributed by atoms with Crippen molar-refractivity contribution in [2.75, 3.05) is 0 Å². The molecule has 1 heterocycles. The molecule has 2 aromatic carbocycles. The molecule has 0 radical (unpaired) electrons. The van der Waals surface area contributed by atoms with Crippen molar-refractivity contribution in [3.63, 3.8) is 0 Å². The Morgan fingerprint density at radius 1 is 0.667 bits per heavy atom. The molecule has 0 aliphatic carbocycles. The molecule has 2 aromatic rings. The SMILES string of the molecule is C(=Cc1ccccc1)c1ccccc1.O=C1CCC(=O)N1. The Labute approximate surface area is 124 Å². The van der Waals surface area contributed by atoms with Crippen molar-refractivity contribution in [2.24, 2.45) is 0 Å². The van der Waals surface area contributed by atoms with E-state index in [1.165, 1.54) is 11.1 Å². The molecule has 1 aliphatic rings. The normalized spacial score (nSPS) is 13.7.